The minimum Gasteiger partial charge on any atom is -0.445 e. The smallest absolute Gasteiger partial charge is 0.445 e. The van der Waals surface area contributed by atoms with E-state index in [1.54, 1.807) is 12.8 Å². The van der Waals surface area contributed by atoms with Gasteiger partial charge in [0.1, 0.15) is 6.61 Å². The van der Waals surface area contributed by atoms with Crippen LogP contribution in [0.1, 0.15) is 33.3 Å². The Balaban J connectivity index is 1.51. The van der Waals surface area contributed by atoms with Crippen molar-refractivity contribution in [1.82, 2.24) is 5.32 Å². The lowest BCUT2D eigenvalue weighted by atomic mass is 9.79. The summed E-state index contributed by atoms with van der Waals surface area (Å²) in [5.74, 6) is 0. The summed E-state index contributed by atoms with van der Waals surface area (Å²) in [5.41, 5.74) is 1.12. The Labute approximate surface area is 150 Å². The van der Waals surface area contributed by atoms with E-state index in [-0.39, 0.29) is 24.9 Å². The molecule has 1 aliphatic carbocycles. The number of hydrogen-bond donors (Lipinski definition) is 1. The average Bonchev–Trinajstić information content (AvgIpc) is 3.12. The zero-order chi connectivity index (χ0) is 18.1. The molecule has 1 saturated carbocycles. The van der Waals surface area contributed by atoms with Crippen molar-refractivity contribution in [2.75, 3.05) is 0 Å². The van der Waals surface area contributed by atoms with Crippen LogP contribution in [-0.2, 0) is 20.7 Å². The fourth-order valence-corrected chi connectivity index (χ4v) is 2.51. The summed E-state index contributed by atoms with van der Waals surface area (Å²) in [6.07, 6.45) is 6.84. The minimum absolute atomic E-state index is 0.205. The molecule has 0 unspecified atom stereocenters. The van der Waals surface area contributed by atoms with Gasteiger partial charge in [-0.05, 0) is 64.4 Å². The Bertz CT molecular complexity index is 592. The molecule has 1 aliphatic heterocycles. The quantitative estimate of drug-likeness (QED) is 0.856. The van der Waals surface area contributed by atoms with Crippen molar-refractivity contribution < 1.29 is 18.8 Å². The van der Waals surface area contributed by atoms with E-state index >= 15 is 0 Å². The molecule has 1 aromatic carbocycles. The molecule has 1 saturated heterocycles. The molecule has 5 nitrogen and oxygen atoms in total. The highest BCUT2D eigenvalue weighted by Gasteiger charge is 2.51. The molecule has 2 fully saturated rings. The second kappa shape index (κ2) is 7.00. The second-order valence-corrected chi connectivity index (χ2v) is 7.20. The lowest BCUT2D eigenvalue weighted by Gasteiger charge is -2.32. The molecule has 3 rings (SSSR count). The molecule has 5 radical (unpaired) electrons. The predicted molar refractivity (Wildman–Crippen MR) is 95.9 cm³/mol. The third-order valence-corrected chi connectivity index (χ3v) is 4.78. The lowest BCUT2D eigenvalue weighted by Crippen LogP contribution is -2.41. The van der Waals surface area contributed by atoms with Crippen molar-refractivity contribution >= 4 is 18.7 Å². The van der Waals surface area contributed by atoms with Crippen LogP contribution in [0.25, 0.3) is 0 Å². The zero-order valence-electron chi connectivity index (χ0n) is 15.0. The number of nitrogens with one attached hydrogen (secondary N) is 1. The largest absolute Gasteiger partial charge is 0.494 e. The Morgan fingerprint density at radius 1 is 1.04 bits per heavy atom. The van der Waals surface area contributed by atoms with Crippen LogP contribution in [0.2, 0.25) is 0 Å². The number of ether oxygens (including phenoxy) is 1. The molecule has 1 amide bonds. The normalized spacial score (nSPS) is 22.2. The summed E-state index contributed by atoms with van der Waals surface area (Å²) < 4.78 is 17.3. The third-order valence-electron chi connectivity index (χ3n) is 4.78. The molecule has 6 heteroatoms. The van der Waals surface area contributed by atoms with Gasteiger partial charge in [0.25, 0.3) is 0 Å². The van der Waals surface area contributed by atoms with Crippen LogP contribution in [0, 0.1) is 31.7 Å². The predicted octanol–water partition coefficient (Wildman–Crippen LogP) is 2.57. The molecule has 0 atom stereocenters. The highest BCUT2D eigenvalue weighted by Crippen LogP contribution is 2.36. The number of carbonyl (C=O) groups excluding carboxylic acids is 1. The Kier molecular flexibility index (Phi) is 5.12. The molecule has 131 valence electrons. The number of alkyl carbamates (subject to hydrolysis) is 1. The molecule has 0 aromatic heterocycles. The van der Waals surface area contributed by atoms with E-state index in [0.717, 1.165) is 17.1 Å². The van der Waals surface area contributed by atoms with Crippen molar-refractivity contribution in [3.8, 4) is 0 Å². The molecule has 0 spiro atoms. The standard InChI is InChI=1S/C19H23BNO4/c1-18(2)19(3,4)25-20(24-18)15-11-9-14(10-12-15)13-23-17(22)21-16-7-5-6-8-16/h5-12H,13H2,1-4H3,(H,21,22). The summed E-state index contributed by atoms with van der Waals surface area (Å²) in [5, 5.41) is 2.67. The lowest BCUT2D eigenvalue weighted by molar-refractivity contribution is 0.00578. The Morgan fingerprint density at radius 2 is 1.60 bits per heavy atom. The first-order chi connectivity index (χ1) is 11.8. The number of hydrogen-bond acceptors (Lipinski definition) is 4. The van der Waals surface area contributed by atoms with Crippen LogP contribution in [0.3, 0.4) is 0 Å². The van der Waals surface area contributed by atoms with E-state index in [9.17, 15) is 4.79 Å². The Hall–Kier alpha value is -1.53. The van der Waals surface area contributed by atoms with Gasteiger partial charge in [-0.1, -0.05) is 24.3 Å². The van der Waals surface area contributed by atoms with Gasteiger partial charge < -0.3 is 19.4 Å². The van der Waals surface area contributed by atoms with Crippen molar-refractivity contribution in [3.05, 3.63) is 61.6 Å². The van der Waals surface area contributed by atoms with E-state index in [1.807, 2.05) is 64.8 Å². The van der Waals surface area contributed by atoms with E-state index in [4.69, 9.17) is 14.0 Å². The van der Waals surface area contributed by atoms with E-state index in [0.29, 0.717) is 0 Å². The highest BCUT2D eigenvalue weighted by molar-refractivity contribution is 6.62. The minimum atomic E-state index is -0.471. The SMILES string of the molecule is CC1(C)OB(c2ccc(COC(=O)N[C]3[CH][CH][CH][CH]3)cc2)OC1(C)C. The maximum Gasteiger partial charge on any atom is 0.494 e. The summed E-state index contributed by atoms with van der Waals surface area (Å²) in [6, 6.07) is 8.43. The summed E-state index contributed by atoms with van der Waals surface area (Å²) in [4.78, 5) is 11.7. The molecule has 0 bridgehead atoms. The molecule has 1 heterocycles. The van der Waals surface area contributed by atoms with Gasteiger partial charge in [-0.15, -0.1) is 0 Å². The van der Waals surface area contributed by atoms with Gasteiger partial charge in [-0.25, -0.2) is 4.79 Å². The molecule has 2 aliphatic rings. The van der Waals surface area contributed by atoms with Crippen LogP contribution in [-0.4, -0.2) is 24.4 Å². The molecule has 1 aromatic rings. The van der Waals surface area contributed by atoms with Crippen LogP contribution in [0.5, 0.6) is 0 Å². The second-order valence-electron chi connectivity index (χ2n) is 7.20. The van der Waals surface area contributed by atoms with Crippen LogP contribution >= 0.6 is 0 Å². The van der Waals surface area contributed by atoms with Crippen molar-refractivity contribution in [3.63, 3.8) is 0 Å². The van der Waals surface area contributed by atoms with Crippen LogP contribution in [0.15, 0.2) is 24.3 Å². The molecular formula is C19H23BNO4. The maximum absolute atomic E-state index is 11.7. The maximum atomic E-state index is 11.7. The van der Waals surface area contributed by atoms with Gasteiger partial charge in [-0.2, -0.15) is 0 Å². The first kappa shape index (κ1) is 18.3. The third kappa shape index (κ3) is 4.18. The van der Waals surface area contributed by atoms with Gasteiger partial charge in [0.15, 0.2) is 0 Å². The number of rotatable bonds is 4. The van der Waals surface area contributed by atoms with Crippen molar-refractivity contribution in [2.24, 2.45) is 0 Å². The summed E-state index contributed by atoms with van der Waals surface area (Å²) >= 11 is 0. The first-order valence-corrected chi connectivity index (χ1v) is 8.37. The van der Waals surface area contributed by atoms with Gasteiger partial charge in [-0.3, -0.25) is 0 Å². The van der Waals surface area contributed by atoms with Crippen molar-refractivity contribution in [1.29, 1.82) is 0 Å². The highest BCUT2D eigenvalue weighted by atomic mass is 16.7. The van der Waals surface area contributed by atoms with Crippen LogP contribution < -0.4 is 10.8 Å². The van der Waals surface area contributed by atoms with E-state index < -0.39 is 6.09 Å². The fourth-order valence-electron chi connectivity index (χ4n) is 2.51. The monoisotopic (exact) mass is 340 g/mol. The average molecular weight is 340 g/mol. The van der Waals surface area contributed by atoms with Crippen LogP contribution in [0.4, 0.5) is 4.79 Å². The summed E-state index contributed by atoms with van der Waals surface area (Å²) in [6.45, 7) is 8.32. The fraction of sp³-hybridized carbons (Fsp3) is 0.368. The van der Waals surface area contributed by atoms with E-state index in [2.05, 4.69) is 5.32 Å². The molecular weight excluding hydrogens is 317 g/mol. The number of carbonyl (C=O) groups is 1. The topological polar surface area (TPSA) is 56.8 Å². The van der Waals surface area contributed by atoms with Gasteiger partial charge in [0.05, 0.1) is 17.2 Å². The van der Waals surface area contributed by atoms with Gasteiger partial charge >= 0.3 is 13.2 Å². The first-order valence-electron chi connectivity index (χ1n) is 8.37. The number of amides is 1. The van der Waals surface area contributed by atoms with Gasteiger partial charge in [0, 0.05) is 0 Å². The molecule has 1 N–H and O–H groups in total. The van der Waals surface area contributed by atoms with E-state index in [1.165, 1.54) is 0 Å². The summed E-state index contributed by atoms with van der Waals surface area (Å²) in [7, 11) is -0.388. The number of benzene rings is 1. The zero-order valence-corrected chi connectivity index (χ0v) is 15.0. The Morgan fingerprint density at radius 3 is 2.16 bits per heavy atom. The van der Waals surface area contributed by atoms with Crippen molar-refractivity contribution in [2.45, 2.75) is 45.5 Å². The van der Waals surface area contributed by atoms with Gasteiger partial charge in [0.2, 0.25) is 0 Å². The molecule has 25 heavy (non-hydrogen) atoms.